The average Bonchev–Trinajstić information content (AvgIpc) is 2.38. The number of hydrogen-bond acceptors (Lipinski definition) is 5. The molecule has 0 aromatic carbocycles. The molecule has 6 heteroatoms. The van der Waals surface area contributed by atoms with E-state index in [4.69, 9.17) is 0 Å². The molecule has 0 fully saturated rings. The number of nitrogens with one attached hydrogen (secondary N) is 2. The third-order valence-electron chi connectivity index (χ3n) is 2.39. The Morgan fingerprint density at radius 3 is 2.44 bits per heavy atom. The fourth-order valence-electron chi connectivity index (χ4n) is 1.63. The molecule has 0 unspecified atom stereocenters. The van der Waals surface area contributed by atoms with Gasteiger partial charge in [0.05, 0.1) is 0 Å². The van der Waals surface area contributed by atoms with Gasteiger partial charge in [-0.2, -0.15) is 4.68 Å². The van der Waals surface area contributed by atoms with Crippen LogP contribution < -0.4 is 16.3 Å². The van der Waals surface area contributed by atoms with E-state index in [-0.39, 0.29) is 16.6 Å². The summed E-state index contributed by atoms with van der Waals surface area (Å²) in [5.74, 6) is 0.461. The van der Waals surface area contributed by atoms with Gasteiger partial charge in [-0.1, -0.05) is 20.8 Å². The first-order chi connectivity index (χ1) is 7.21. The van der Waals surface area contributed by atoms with Crippen LogP contribution >= 0.6 is 0 Å². The van der Waals surface area contributed by atoms with Gasteiger partial charge in [-0.25, -0.2) is 0 Å². The minimum Gasteiger partial charge on any atom is -0.329 e. The predicted octanol–water partition coefficient (Wildman–Crippen LogP) is 0.641. The summed E-state index contributed by atoms with van der Waals surface area (Å²) in [5.41, 5.74) is 2.68. The van der Waals surface area contributed by atoms with E-state index in [1.807, 2.05) is 34.6 Å². The van der Waals surface area contributed by atoms with Crippen molar-refractivity contribution in [2.24, 2.45) is 0 Å². The SMILES string of the molecule is CC1(C)Nc2nnc(C(C)(C)C)c(=O)n2N1. The normalized spacial score (nSPS) is 17.6. The molecule has 88 valence electrons. The molecule has 2 rings (SSSR count). The maximum atomic E-state index is 12.2. The van der Waals surface area contributed by atoms with Crippen LogP contribution in [0.25, 0.3) is 0 Å². The van der Waals surface area contributed by atoms with Crippen molar-refractivity contribution in [2.45, 2.75) is 45.7 Å². The van der Waals surface area contributed by atoms with E-state index in [1.165, 1.54) is 4.68 Å². The topological polar surface area (TPSA) is 71.8 Å². The highest BCUT2D eigenvalue weighted by molar-refractivity contribution is 5.37. The first-order valence-electron chi connectivity index (χ1n) is 5.27. The van der Waals surface area contributed by atoms with Crippen LogP contribution in [-0.4, -0.2) is 20.5 Å². The summed E-state index contributed by atoms with van der Waals surface area (Å²) in [7, 11) is 0. The second-order valence-electron chi connectivity index (χ2n) is 5.62. The van der Waals surface area contributed by atoms with Crippen molar-refractivity contribution in [1.29, 1.82) is 0 Å². The van der Waals surface area contributed by atoms with E-state index >= 15 is 0 Å². The van der Waals surface area contributed by atoms with Crippen molar-refractivity contribution in [2.75, 3.05) is 10.7 Å². The molecule has 1 aliphatic heterocycles. The van der Waals surface area contributed by atoms with E-state index < -0.39 is 0 Å². The summed E-state index contributed by atoms with van der Waals surface area (Å²) in [6.45, 7) is 9.69. The third kappa shape index (κ3) is 1.64. The van der Waals surface area contributed by atoms with Crippen molar-refractivity contribution >= 4 is 5.95 Å². The fraction of sp³-hybridized carbons (Fsp3) is 0.700. The molecule has 0 saturated carbocycles. The summed E-state index contributed by atoms with van der Waals surface area (Å²) in [6.07, 6.45) is 0. The number of hydrogen-bond donors (Lipinski definition) is 2. The molecule has 2 heterocycles. The van der Waals surface area contributed by atoms with Crippen molar-refractivity contribution in [1.82, 2.24) is 14.9 Å². The largest absolute Gasteiger partial charge is 0.329 e. The van der Waals surface area contributed by atoms with Gasteiger partial charge >= 0.3 is 0 Å². The average molecular weight is 223 g/mol. The Bertz CT molecular complexity index is 483. The molecular formula is C10H17N5O. The molecule has 1 aliphatic rings. The quantitative estimate of drug-likeness (QED) is 0.675. The lowest BCUT2D eigenvalue weighted by Gasteiger charge is -2.18. The summed E-state index contributed by atoms with van der Waals surface area (Å²) in [4.78, 5) is 12.2. The Balaban J connectivity index is 2.57. The van der Waals surface area contributed by atoms with Gasteiger partial charge in [0.2, 0.25) is 5.95 Å². The molecule has 1 aromatic heterocycles. The summed E-state index contributed by atoms with van der Waals surface area (Å²) in [5, 5.41) is 11.1. The van der Waals surface area contributed by atoms with Gasteiger partial charge in [0, 0.05) is 5.41 Å². The molecule has 1 aromatic rings. The van der Waals surface area contributed by atoms with Crippen molar-refractivity contribution < 1.29 is 0 Å². The van der Waals surface area contributed by atoms with Crippen LogP contribution in [0.5, 0.6) is 0 Å². The second kappa shape index (κ2) is 2.96. The number of fused-ring (bicyclic) bond motifs is 1. The Labute approximate surface area is 94.0 Å². The minimum absolute atomic E-state index is 0.143. The summed E-state index contributed by atoms with van der Waals surface area (Å²) < 4.78 is 1.42. The van der Waals surface area contributed by atoms with Crippen LogP contribution in [-0.2, 0) is 5.41 Å². The maximum absolute atomic E-state index is 12.2. The van der Waals surface area contributed by atoms with E-state index in [0.29, 0.717) is 11.6 Å². The molecule has 0 atom stereocenters. The van der Waals surface area contributed by atoms with Crippen molar-refractivity contribution in [3.63, 3.8) is 0 Å². The van der Waals surface area contributed by atoms with E-state index in [1.54, 1.807) is 0 Å². The highest BCUT2D eigenvalue weighted by atomic mass is 16.1. The Kier molecular flexibility index (Phi) is 2.02. The zero-order valence-electron chi connectivity index (χ0n) is 10.2. The summed E-state index contributed by atoms with van der Waals surface area (Å²) >= 11 is 0. The Morgan fingerprint density at radius 2 is 1.88 bits per heavy atom. The molecule has 0 spiro atoms. The minimum atomic E-state index is -0.378. The van der Waals surface area contributed by atoms with Crippen molar-refractivity contribution in [3.8, 4) is 0 Å². The van der Waals surface area contributed by atoms with Crippen LogP contribution in [0.4, 0.5) is 5.95 Å². The molecule has 0 amide bonds. The van der Waals surface area contributed by atoms with Gasteiger partial charge in [0.15, 0.2) is 0 Å². The van der Waals surface area contributed by atoms with Gasteiger partial charge in [-0.3, -0.25) is 10.2 Å². The number of aromatic nitrogens is 3. The first kappa shape index (κ1) is 10.9. The monoisotopic (exact) mass is 223 g/mol. The highest BCUT2D eigenvalue weighted by Crippen LogP contribution is 2.20. The summed E-state index contributed by atoms with van der Waals surface area (Å²) in [6, 6.07) is 0. The lowest BCUT2D eigenvalue weighted by Crippen LogP contribution is -2.41. The number of rotatable bonds is 0. The van der Waals surface area contributed by atoms with Gasteiger partial charge in [-0.05, 0) is 13.8 Å². The van der Waals surface area contributed by atoms with Crippen LogP contribution in [0.3, 0.4) is 0 Å². The Morgan fingerprint density at radius 1 is 1.25 bits per heavy atom. The van der Waals surface area contributed by atoms with Gasteiger partial charge in [0.25, 0.3) is 5.56 Å². The molecule has 0 saturated heterocycles. The van der Waals surface area contributed by atoms with Crippen LogP contribution in [0, 0.1) is 0 Å². The zero-order chi connectivity index (χ0) is 12.1. The first-order valence-corrected chi connectivity index (χ1v) is 5.27. The lowest BCUT2D eigenvalue weighted by atomic mass is 9.93. The molecule has 6 nitrogen and oxygen atoms in total. The van der Waals surface area contributed by atoms with Gasteiger partial charge in [-0.15, -0.1) is 10.2 Å². The highest BCUT2D eigenvalue weighted by Gasteiger charge is 2.31. The molecule has 16 heavy (non-hydrogen) atoms. The van der Waals surface area contributed by atoms with Crippen LogP contribution in [0.2, 0.25) is 0 Å². The molecule has 0 radical (unpaired) electrons. The van der Waals surface area contributed by atoms with Crippen molar-refractivity contribution in [3.05, 3.63) is 16.0 Å². The van der Waals surface area contributed by atoms with E-state index in [9.17, 15) is 4.79 Å². The lowest BCUT2D eigenvalue weighted by molar-refractivity contribution is 0.535. The molecule has 0 aliphatic carbocycles. The maximum Gasteiger partial charge on any atom is 0.296 e. The standard InChI is InChI=1S/C10H17N5O/c1-9(2,3)6-7(16)15-8(13-12-6)11-10(4,5)14-15/h14H,1-5H3,(H,11,13). The van der Waals surface area contributed by atoms with Crippen LogP contribution in [0.1, 0.15) is 40.3 Å². The van der Waals surface area contributed by atoms with Gasteiger partial charge in [0.1, 0.15) is 11.4 Å². The van der Waals surface area contributed by atoms with E-state index in [2.05, 4.69) is 20.9 Å². The number of nitrogens with zero attached hydrogens (tertiary/aromatic N) is 3. The zero-order valence-corrected chi connectivity index (χ0v) is 10.2. The predicted molar refractivity (Wildman–Crippen MR) is 62.1 cm³/mol. The Hall–Kier alpha value is -1.59. The molecular weight excluding hydrogens is 206 g/mol. The fourth-order valence-corrected chi connectivity index (χ4v) is 1.63. The number of anilines is 1. The van der Waals surface area contributed by atoms with E-state index in [0.717, 1.165) is 0 Å². The molecule has 2 N–H and O–H groups in total. The molecule has 0 bridgehead atoms. The van der Waals surface area contributed by atoms with Crippen LogP contribution in [0.15, 0.2) is 4.79 Å². The smallest absolute Gasteiger partial charge is 0.296 e. The van der Waals surface area contributed by atoms with Gasteiger partial charge < -0.3 is 5.32 Å². The second-order valence-corrected chi connectivity index (χ2v) is 5.62. The third-order valence-corrected chi connectivity index (χ3v) is 2.39.